The fraction of sp³-hybridized carbons (Fsp3) is 0.385. The molecule has 0 aliphatic carbocycles. The van der Waals surface area contributed by atoms with E-state index >= 15 is 0 Å². The summed E-state index contributed by atoms with van der Waals surface area (Å²) in [6, 6.07) is 5.11. The van der Waals surface area contributed by atoms with Crippen molar-refractivity contribution in [3.63, 3.8) is 0 Å². The summed E-state index contributed by atoms with van der Waals surface area (Å²) in [7, 11) is 1.64. The van der Waals surface area contributed by atoms with E-state index in [0.717, 1.165) is 0 Å². The summed E-state index contributed by atoms with van der Waals surface area (Å²) in [5, 5.41) is 0. The lowest BCUT2D eigenvalue weighted by Gasteiger charge is -2.17. The number of hydrogen-bond acceptors (Lipinski definition) is 4. The molecule has 0 aliphatic heterocycles. The van der Waals surface area contributed by atoms with Crippen LogP contribution in [0.4, 0.5) is 5.69 Å². The molecule has 0 saturated carbocycles. The summed E-state index contributed by atoms with van der Waals surface area (Å²) >= 11 is 3.29. The van der Waals surface area contributed by atoms with Gasteiger partial charge in [0.1, 0.15) is 0 Å². The van der Waals surface area contributed by atoms with Crippen LogP contribution in [-0.4, -0.2) is 37.0 Å². The van der Waals surface area contributed by atoms with Crippen LogP contribution >= 0.6 is 15.9 Å². The molecule has 2 N–H and O–H groups in total. The summed E-state index contributed by atoms with van der Waals surface area (Å²) in [6.45, 7) is 2.40. The van der Waals surface area contributed by atoms with Crippen molar-refractivity contribution in [2.75, 3.05) is 25.9 Å². The second-order valence-electron chi connectivity index (χ2n) is 3.99. The van der Waals surface area contributed by atoms with Crippen LogP contribution in [0, 0.1) is 0 Å². The first-order valence-corrected chi connectivity index (χ1v) is 6.71. The number of nitrogens with two attached hydrogens (primary N) is 1. The monoisotopic (exact) mass is 328 g/mol. The number of ether oxygens (including phenoxy) is 1. The predicted molar refractivity (Wildman–Crippen MR) is 76.8 cm³/mol. The Kier molecular flexibility index (Phi) is 5.82. The molecule has 0 saturated heterocycles. The van der Waals surface area contributed by atoms with Gasteiger partial charge in [-0.25, -0.2) is 0 Å². The summed E-state index contributed by atoms with van der Waals surface area (Å²) in [5.74, 6) is -0.503. The Bertz CT molecular complexity index is 477. The van der Waals surface area contributed by atoms with Crippen LogP contribution in [0.3, 0.4) is 0 Å². The number of esters is 1. The number of halogens is 1. The zero-order chi connectivity index (χ0) is 14.4. The molecule has 0 fully saturated rings. The number of amides is 1. The van der Waals surface area contributed by atoms with E-state index in [-0.39, 0.29) is 18.3 Å². The molecule has 1 rings (SSSR count). The van der Waals surface area contributed by atoms with Gasteiger partial charge in [-0.2, -0.15) is 0 Å². The molecule has 0 spiro atoms. The maximum atomic E-state index is 12.2. The zero-order valence-electron chi connectivity index (χ0n) is 11.0. The van der Waals surface area contributed by atoms with E-state index in [2.05, 4.69) is 15.9 Å². The average Bonchev–Trinajstić information content (AvgIpc) is 2.38. The molecule has 19 heavy (non-hydrogen) atoms. The Hall–Kier alpha value is -1.56. The number of nitrogen functional groups attached to an aromatic ring is 1. The fourth-order valence-corrected chi connectivity index (χ4v) is 1.95. The van der Waals surface area contributed by atoms with Gasteiger partial charge in [0.2, 0.25) is 0 Å². The van der Waals surface area contributed by atoms with Crippen molar-refractivity contribution in [3.05, 3.63) is 28.2 Å². The van der Waals surface area contributed by atoms with E-state index in [4.69, 9.17) is 10.5 Å². The van der Waals surface area contributed by atoms with Crippen LogP contribution in [0.15, 0.2) is 22.7 Å². The number of rotatable bonds is 5. The first-order chi connectivity index (χ1) is 8.97. The predicted octanol–water partition coefficient (Wildman–Crippen LogP) is 2.06. The molecule has 0 atom stereocenters. The number of hydrogen-bond donors (Lipinski definition) is 1. The highest BCUT2D eigenvalue weighted by Crippen LogP contribution is 2.24. The smallest absolute Gasteiger partial charge is 0.307 e. The van der Waals surface area contributed by atoms with E-state index in [1.165, 1.54) is 4.90 Å². The molecular formula is C13H17BrN2O3. The van der Waals surface area contributed by atoms with Crippen molar-refractivity contribution in [1.82, 2.24) is 4.90 Å². The van der Waals surface area contributed by atoms with Gasteiger partial charge >= 0.3 is 5.97 Å². The summed E-state index contributed by atoms with van der Waals surface area (Å²) < 4.78 is 5.39. The molecular weight excluding hydrogens is 312 g/mol. The molecule has 0 unspecified atom stereocenters. The van der Waals surface area contributed by atoms with Crippen LogP contribution in [0.1, 0.15) is 23.7 Å². The van der Waals surface area contributed by atoms with Gasteiger partial charge in [-0.3, -0.25) is 9.59 Å². The first-order valence-electron chi connectivity index (χ1n) is 5.92. The van der Waals surface area contributed by atoms with E-state index in [1.807, 2.05) is 0 Å². The Morgan fingerprint density at radius 1 is 1.42 bits per heavy atom. The number of nitrogens with zero attached hydrogens (tertiary/aromatic N) is 1. The van der Waals surface area contributed by atoms with Crippen molar-refractivity contribution in [2.24, 2.45) is 0 Å². The van der Waals surface area contributed by atoms with Crippen LogP contribution in [-0.2, 0) is 9.53 Å². The Morgan fingerprint density at radius 3 is 2.74 bits per heavy atom. The van der Waals surface area contributed by atoms with Gasteiger partial charge in [0.25, 0.3) is 5.91 Å². The minimum Gasteiger partial charge on any atom is -0.466 e. The highest BCUT2D eigenvalue weighted by atomic mass is 79.9. The summed E-state index contributed by atoms with van der Waals surface area (Å²) in [5.41, 5.74) is 6.71. The fourth-order valence-electron chi connectivity index (χ4n) is 1.51. The zero-order valence-corrected chi connectivity index (χ0v) is 12.6. The molecule has 1 aromatic carbocycles. The first kappa shape index (κ1) is 15.5. The number of carbonyl (C=O) groups is 2. The number of anilines is 1. The number of carbonyl (C=O) groups excluding carboxylic acids is 2. The Morgan fingerprint density at radius 2 is 2.11 bits per heavy atom. The van der Waals surface area contributed by atoms with Gasteiger partial charge in [0, 0.05) is 19.3 Å². The van der Waals surface area contributed by atoms with E-state index in [1.54, 1.807) is 32.2 Å². The Balaban J connectivity index is 2.67. The molecule has 0 heterocycles. The third-order valence-corrected chi connectivity index (χ3v) is 3.45. The molecule has 0 aromatic heterocycles. The molecule has 0 bridgehead atoms. The van der Waals surface area contributed by atoms with Crippen LogP contribution in [0.2, 0.25) is 0 Å². The second kappa shape index (κ2) is 7.13. The third-order valence-electron chi connectivity index (χ3n) is 2.56. The van der Waals surface area contributed by atoms with E-state index in [0.29, 0.717) is 28.9 Å². The van der Waals surface area contributed by atoms with Gasteiger partial charge in [0.05, 0.1) is 23.1 Å². The van der Waals surface area contributed by atoms with Crippen LogP contribution in [0.5, 0.6) is 0 Å². The topological polar surface area (TPSA) is 72.6 Å². The van der Waals surface area contributed by atoms with Gasteiger partial charge in [-0.1, -0.05) is 6.07 Å². The standard InChI is InChI=1S/C13H17BrN2O3/c1-3-19-11(17)7-8-16(2)13(18)9-5-4-6-10(15)12(9)14/h4-6H,3,7-8,15H2,1-2H3. The molecule has 5 nitrogen and oxygen atoms in total. The summed E-state index contributed by atoms with van der Waals surface area (Å²) in [6.07, 6.45) is 0.177. The second-order valence-corrected chi connectivity index (χ2v) is 4.78. The molecule has 0 aliphatic rings. The van der Waals surface area contributed by atoms with Crippen molar-refractivity contribution in [3.8, 4) is 0 Å². The van der Waals surface area contributed by atoms with E-state index in [9.17, 15) is 9.59 Å². The molecule has 1 amide bonds. The summed E-state index contributed by atoms with van der Waals surface area (Å²) in [4.78, 5) is 24.9. The van der Waals surface area contributed by atoms with Crippen molar-refractivity contribution in [1.29, 1.82) is 0 Å². The SMILES string of the molecule is CCOC(=O)CCN(C)C(=O)c1cccc(N)c1Br. The van der Waals surface area contributed by atoms with Gasteiger partial charge in [0.15, 0.2) is 0 Å². The normalized spacial score (nSPS) is 10.1. The van der Waals surface area contributed by atoms with Gasteiger partial charge in [-0.05, 0) is 35.0 Å². The maximum Gasteiger partial charge on any atom is 0.307 e. The largest absolute Gasteiger partial charge is 0.466 e. The minimum absolute atomic E-state index is 0.177. The Labute approximate surface area is 120 Å². The lowest BCUT2D eigenvalue weighted by molar-refractivity contribution is -0.143. The van der Waals surface area contributed by atoms with Crippen LogP contribution in [0.25, 0.3) is 0 Å². The number of benzene rings is 1. The molecule has 1 aromatic rings. The third kappa shape index (κ3) is 4.24. The minimum atomic E-state index is -0.311. The van der Waals surface area contributed by atoms with Crippen LogP contribution < -0.4 is 5.73 Å². The lowest BCUT2D eigenvalue weighted by Crippen LogP contribution is -2.29. The van der Waals surface area contributed by atoms with Crippen molar-refractivity contribution < 1.29 is 14.3 Å². The highest BCUT2D eigenvalue weighted by Gasteiger charge is 2.17. The van der Waals surface area contributed by atoms with Crippen molar-refractivity contribution in [2.45, 2.75) is 13.3 Å². The van der Waals surface area contributed by atoms with E-state index < -0.39 is 0 Å². The maximum absolute atomic E-state index is 12.2. The average molecular weight is 329 g/mol. The molecule has 0 radical (unpaired) electrons. The van der Waals surface area contributed by atoms with Gasteiger partial charge < -0.3 is 15.4 Å². The van der Waals surface area contributed by atoms with Gasteiger partial charge in [-0.15, -0.1) is 0 Å². The van der Waals surface area contributed by atoms with Crippen molar-refractivity contribution >= 4 is 33.5 Å². The quantitative estimate of drug-likeness (QED) is 0.663. The lowest BCUT2D eigenvalue weighted by atomic mass is 10.2. The molecule has 6 heteroatoms. The molecule has 104 valence electrons. The highest BCUT2D eigenvalue weighted by molar-refractivity contribution is 9.10.